The molecular weight excluding hydrogens is 349 g/mol. The summed E-state index contributed by atoms with van der Waals surface area (Å²) in [7, 11) is 1.51. The summed E-state index contributed by atoms with van der Waals surface area (Å²) in [5, 5.41) is 7.78. The quantitative estimate of drug-likeness (QED) is 0.846. The van der Waals surface area contributed by atoms with Crippen molar-refractivity contribution >= 4 is 29.0 Å². The number of hydrogen-bond donors (Lipinski definition) is 1. The van der Waals surface area contributed by atoms with Crippen LogP contribution >= 0.6 is 0 Å². The Hall–Kier alpha value is -3.60. The van der Waals surface area contributed by atoms with Crippen molar-refractivity contribution in [2.45, 2.75) is 19.3 Å². The number of hydrogen-bond acceptors (Lipinski definition) is 4. The van der Waals surface area contributed by atoms with E-state index in [0.29, 0.717) is 18.7 Å². The number of carbonyl (C=O) groups is 2. The lowest BCUT2D eigenvalue weighted by Gasteiger charge is -2.18. The van der Waals surface area contributed by atoms with E-state index in [1.807, 2.05) is 0 Å². The minimum absolute atomic E-state index is 0.0129. The minimum atomic E-state index is -0.539. The Morgan fingerprint density at radius 1 is 1.30 bits per heavy atom. The second-order valence-electron chi connectivity index (χ2n) is 6.04. The van der Waals surface area contributed by atoms with Gasteiger partial charge in [-0.15, -0.1) is 0 Å². The van der Waals surface area contributed by atoms with Crippen LogP contribution in [0.4, 0.5) is 15.9 Å². The lowest BCUT2D eigenvalue weighted by atomic mass is 10.1. The van der Waals surface area contributed by atoms with E-state index in [4.69, 9.17) is 6.57 Å². The van der Waals surface area contributed by atoms with Gasteiger partial charge in [0.05, 0.1) is 6.57 Å². The molecule has 7 nitrogen and oxygen atoms in total. The van der Waals surface area contributed by atoms with E-state index in [9.17, 15) is 14.0 Å². The molecule has 0 radical (unpaired) electrons. The Labute approximate surface area is 155 Å². The van der Waals surface area contributed by atoms with Gasteiger partial charge in [0.1, 0.15) is 17.3 Å². The predicted molar refractivity (Wildman–Crippen MR) is 97.8 cm³/mol. The Morgan fingerprint density at radius 2 is 2.07 bits per heavy atom. The number of rotatable bonds is 4. The average Bonchev–Trinajstić information content (AvgIpc) is 2.67. The molecule has 0 bridgehead atoms. The second-order valence-corrected chi connectivity index (χ2v) is 6.04. The largest absolute Gasteiger partial charge is 0.305 e. The molecule has 1 aliphatic heterocycles. The van der Waals surface area contributed by atoms with E-state index < -0.39 is 11.7 Å². The number of carbonyl (C=O) groups excluding carboxylic acids is 2. The van der Waals surface area contributed by atoms with Crippen LogP contribution in [-0.2, 0) is 16.0 Å². The zero-order chi connectivity index (χ0) is 19.4. The van der Waals surface area contributed by atoms with E-state index in [0.717, 1.165) is 16.1 Å². The summed E-state index contributed by atoms with van der Waals surface area (Å²) < 4.78 is 13.4. The topological polar surface area (TPSA) is 79.0 Å². The molecule has 0 aliphatic carbocycles. The standard InChI is InChI=1S/C19H16FN5O2/c1-21-16-10-12(3-5-14(16)20)9-13-4-7-17(22-11-13)23-19(27)15-6-8-18(26)25(2)24-15/h3-5,7,10-11H,6,8-9H2,2H3,(H,22,23,27). The molecule has 2 aromatic rings. The van der Waals surface area contributed by atoms with Gasteiger partial charge in [0.15, 0.2) is 0 Å². The summed E-state index contributed by atoms with van der Waals surface area (Å²) in [6.07, 6.45) is 2.64. The van der Waals surface area contributed by atoms with Crippen LogP contribution in [-0.4, -0.2) is 34.6 Å². The fourth-order valence-electron chi connectivity index (χ4n) is 2.61. The highest BCUT2D eigenvalue weighted by molar-refractivity contribution is 6.43. The van der Waals surface area contributed by atoms with Crippen molar-refractivity contribution in [1.29, 1.82) is 0 Å². The molecule has 0 atom stereocenters. The number of pyridine rings is 1. The number of nitrogens with one attached hydrogen (secondary N) is 1. The lowest BCUT2D eigenvalue weighted by Crippen LogP contribution is -2.34. The molecular formula is C19H16FN5O2. The highest BCUT2D eigenvalue weighted by Crippen LogP contribution is 2.21. The van der Waals surface area contributed by atoms with E-state index >= 15 is 0 Å². The van der Waals surface area contributed by atoms with Crippen LogP contribution in [0.3, 0.4) is 0 Å². The molecule has 0 fully saturated rings. The molecule has 0 spiro atoms. The average molecular weight is 365 g/mol. The van der Waals surface area contributed by atoms with Crippen LogP contribution in [0.25, 0.3) is 4.85 Å². The Morgan fingerprint density at radius 3 is 2.74 bits per heavy atom. The summed E-state index contributed by atoms with van der Waals surface area (Å²) in [6, 6.07) is 7.86. The molecule has 1 N–H and O–H groups in total. The number of nitrogens with zero attached hydrogens (tertiary/aromatic N) is 4. The normalized spacial score (nSPS) is 13.7. The van der Waals surface area contributed by atoms with Gasteiger partial charge in [-0.3, -0.25) is 9.59 Å². The number of benzene rings is 1. The molecule has 2 amide bonds. The molecule has 8 heteroatoms. The molecule has 0 saturated carbocycles. The van der Waals surface area contributed by atoms with Gasteiger partial charge in [-0.05, 0) is 30.2 Å². The lowest BCUT2D eigenvalue weighted by molar-refractivity contribution is -0.130. The van der Waals surface area contributed by atoms with Crippen molar-refractivity contribution in [3.8, 4) is 0 Å². The zero-order valence-electron chi connectivity index (χ0n) is 14.6. The second kappa shape index (κ2) is 7.74. The number of amides is 2. The first kappa shape index (κ1) is 18.2. The summed E-state index contributed by atoms with van der Waals surface area (Å²) in [4.78, 5) is 31.0. The summed E-state index contributed by atoms with van der Waals surface area (Å²) in [5.74, 6) is -0.694. The van der Waals surface area contributed by atoms with Crippen LogP contribution in [0.15, 0.2) is 41.6 Å². The summed E-state index contributed by atoms with van der Waals surface area (Å²) in [5.41, 5.74) is 1.92. The molecule has 136 valence electrons. The maximum atomic E-state index is 13.4. The first-order valence-corrected chi connectivity index (χ1v) is 8.22. The number of halogens is 1. The fourth-order valence-corrected chi connectivity index (χ4v) is 2.61. The van der Waals surface area contributed by atoms with Crippen molar-refractivity contribution in [2.75, 3.05) is 12.4 Å². The smallest absolute Gasteiger partial charge is 0.273 e. The third-order valence-corrected chi connectivity index (χ3v) is 4.08. The molecule has 0 unspecified atom stereocenters. The van der Waals surface area contributed by atoms with Crippen molar-refractivity contribution in [1.82, 2.24) is 9.99 Å². The molecule has 0 saturated heterocycles. The zero-order valence-corrected chi connectivity index (χ0v) is 14.6. The summed E-state index contributed by atoms with van der Waals surface area (Å²) >= 11 is 0. The Bertz CT molecular complexity index is 963. The fraction of sp³-hybridized carbons (Fsp3) is 0.211. The van der Waals surface area contributed by atoms with Crippen molar-refractivity contribution in [3.05, 3.63) is 64.9 Å². The van der Waals surface area contributed by atoms with Crippen molar-refractivity contribution in [2.24, 2.45) is 5.10 Å². The maximum Gasteiger partial charge on any atom is 0.273 e. The van der Waals surface area contributed by atoms with Gasteiger partial charge >= 0.3 is 0 Å². The first-order chi connectivity index (χ1) is 13.0. The van der Waals surface area contributed by atoms with Crippen LogP contribution in [0.5, 0.6) is 0 Å². The third-order valence-electron chi connectivity index (χ3n) is 4.08. The summed E-state index contributed by atoms with van der Waals surface area (Å²) in [6.45, 7) is 6.96. The maximum absolute atomic E-state index is 13.4. The minimum Gasteiger partial charge on any atom is -0.305 e. The Kier molecular flexibility index (Phi) is 5.22. The highest BCUT2D eigenvalue weighted by Gasteiger charge is 2.22. The molecule has 27 heavy (non-hydrogen) atoms. The van der Waals surface area contributed by atoms with Gasteiger partial charge in [-0.25, -0.2) is 19.2 Å². The number of anilines is 1. The van der Waals surface area contributed by atoms with Crippen LogP contribution < -0.4 is 5.32 Å². The van der Waals surface area contributed by atoms with Gasteiger partial charge in [0.25, 0.3) is 5.91 Å². The van der Waals surface area contributed by atoms with E-state index in [-0.39, 0.29) is 23.7 Å². The Balaban J connectivity index is 1.65. The first-order valence-electron chi connectivity index (χ1n) is 8.22. The van der Waals surface area contributed by atoms with Crippen LogP contribution in [0.1, 0.15) is 24.0 Å². The van der Waals surface area contributed by atoms with E-state index in [1.165, 1.54) is 19.2 Å². The van der Waals surface area contributed by atoms with Crippen LogP contribution in [0.2, 0.25) is 0 Å². The van der Waals surface area contributed by atoms with Crippen molar-refractivity contribution in [3.63, 3.8) is 0 Å². The molecule has 3 rings (SSSR count). The predicted octanol–water partition coefficient (Wildman–Crippen LogP) is 2.91. The molecule has 1 aliphatic rings. The van der Waals surface area contributed by atoms with Gasteiger partial charge in [-0.2, -0.15) is 5.10 Å². The molecule has 1 aromatic carbocycles. The highest BCUT2D eigenvalue weighted by atomic mass is 19.1. The van der Waals surface area contributed by atoms with E-state index in [2.05, 4.69) is 20.2 Å². The van der Waals surface area contributed by atoms with Gasteiger partial charge < -0.3 is 5.32 Å². The SMILES string of the molecule is [C-]#[N+]c1cc(Cc2ccc(NC(=O)C3=NN(C)C(=O)CC3)nc2)ccc1F. The molecule has 2 heterocycles. The number of hydrazone groups is 1. The van der Waals surface area contributed by atoms with Gasteiger partial charge in [-0.1, -0.05) is 17.7 Å². The third kappa shape index (κ3) is 4.33. The van der Waals surface area contributed by atoms with Crippen molar-refractivity contribution < 1.29 is 14.0 Å². The monoisotopic (exact) mass is 365 g/mol. The van der Waals surface area contributed by atoms with Gasteiger partial charge in [0, 0.05) is 26.1 Å². The molecule has 1 aromatic heterocycles. The van der Waals surface area contributed by atoms with Gasteiger partial charge in [0.2, 0.25) is 11.6 Å². The van der Waals surface area contributed by atoms with E-state index in [1.54, 1.807) is 24.4 Å². The number of aromatic nitrogens is 1. The van der Waals surface area contributed by atoms with Crippen LogP contribution in [0, 0.1) is 12.4 Å².